The summed E-state index contributed by atoms with van der Waals surface area (Å²) in [6.07, 6.45) is 8.23. The van der Waals surface area contributed by atoms with Crippen molar-refractivity contribution in [3.8, 4) is 0 Å². The highest BCUT2D eigenvalue weighted by Crippen LogP contribution is 2.17. The second kappa shape index (κ2) is 16.0. The van der Waals surface area contributed by atoms with E-state index in [0.29, 0.717) is 25.9 Å². The van der Waals surface area contributed by atoms with Gasteiger partial charge in [-0.05, 0) is 37.2 Å². The fraction of sp³-hybridized carbons (Fsp3) is 0.680. The van der Waals surface area contributed by atoms with Gasteiger partial charge in [0.1, 0.15) is 0 Å². The zero-order valence-electron chi connectivity index (χ0n) is 19.1. The first-order valence-corrected chi connectivity index (χ1v) is 11.5. The molecule has 1 amide bonds. The lowest BCUT2D eigenvalue weighted by molar-refractivity contribution is -0.127. The van der Waals surface area contributed by atoms with Crippen LogP contribution in [-0.2, 0) is 20.7 Å². The van der Waals surface area contributed by atoms with Gasteiger partial charge < -0.3 is 15.2 Å². The number of hydrogen-bond acceptors (Lipinski definition) is 4. The van der Waals surface area contributed by atoms with Gasteiger partial charge in [0.15, 0.2) is 5.78 Å². The number of ether oxygens (including phenoxy) is 1. The minimum Gasteiger partial charge on any atom is -0.393 e. The maximum absolute atomic E-state index is 12.9. The zero-order chi connectivity index (χ0) is 22.2. The lowest BCUT2D eigenvalue weighted by atomic mass is 9.91. The third-order valence-corrected chi connectivity index (χ3v) is 5.46. The molecule has 2 N–H and O–H groups in total. The Balaban J connectivity index is 2.55. The van der Waals surface area contributed by atoms with E-state index in [0.717, 1.165) is 25.7 Å². The van der Waals surface area contributed by atoms with Gasteiger partial charge in [0.05, 0.1) is 12.1 Å². The number of hydrogen-bond donors (Lipinski definition) is 2. The highest BCUT2D eigenvalue weighted by Gasteiger charge is 2.24. The zero-order valence-corrected chi connectivity index (χ0v) is 19.1. The van der Waals surface area contributed by atoms with Crippen molar-refractivity contribution in [2.45, 2.75) is 90.2 Å². The molecule has 1 rings (SSSR count). The van der Waals surface area contributed by atoms with Crippen LogP contribution in [0.3, 0.4) is 0 Å². The number of Topliss-reactive ketones (excluding diaryl/α,β-unsaturated/α-hetero) is 1. The number of nitrogens with one attached hydrogen (secondary N) is 1. The van der Waals surface area contributed by atoms with E-state index in [1.807, 2.05) is 18.2 Å². The van der Waals surface area contributed by atoms with Crippen molar-refractivity contribution in [1.82, 2.24) is 5.32 Å². The Labute approximate surface area is 182 Å². The summed E-state index contributed by atoms with van der Waals surface area (Å²) in [4.78, 5) is 24.6. The van der Waals surface area contributed by atoms with Gasteiger partial charge >= 0.3 is 0 Å². The van der Waals surface area contributed by atoms with Crippen molar-refractivity contribution in [2.75, 3.05) is 13.7 Å². The van der Waals surface area contributed by atoms with Crippen LogP contribution in [0.5, 0.6) is 0 Å². The van der Waals surface area contributed by atoms with Crippen LogP contribution in [0.25, 0.3) is 0 Å². The molecule has 30 heavy (non-hydrogen) atoms. The Morgan fingerprint density at radius 3 is 2.37 bits per heavy atom. The first-order valence-electron chi connectivity index (χ1n) is 11.5. The van der Waals surface area contributed by atoms with Crippen LogP contribution in [-0.4, -0.2) is 42.7 Å². The Morgan fingerprint density at radius 1 is 1.03 bits per heavy atom. The summed E-state index contributed by atoms with van der Waals surface area (Å²) in [7, 11) is 1.64. The van der Waals surface area contributed by atoms with Crippen molar-refractivity contribution in [2.24, 2.45) is 5.92 Å². The van der Waals surface area contributed by atoms with Crippen molar-refractivity contribution < 1.29 is 19.4 Å². The lowest BCUT2D eigenvalue weighted by Crippen LogP contribution is -2.41. The van der Waals surface area contributed by atoms with Gasteiger partial charge in [0.2, 0.25) is 5.91 Å². The molecule has 0 heterocycles. The van der Waals surface area contributed by atoms with Gasteiger partial charge in [-0.3, -0.25) is 9.59 Å². The van der Waals surface area contributed by atoms with Crippen LogP contribution >= 0.6 is 0 Å². The fourth-order valence-corrected chi connectivity index (χ4v) is 3.85. The van der Waals surface area contributed by atoms with E-state index in [-0.39, 0.29) is 17.6 Å². The predicted molar refractivity (Wildman–Crippen MR) is 121 cm³/mol. The summed E-state index contributed by atoms with van der Waals surface area (Å²) in [6.45, 7) is 4.11. The van der Waals surface area contributed by atoms with Crippen molar-refractivity contribution in [3.63, 3.8) is 0 Å². The molecule has 2 unspecified atom stereocenters. The summed E-state index contributed by atoms with van der Waals surface area (Å²) in [5.74, 6) is -0.142. The minimum absolute atomic E-state index is 0.0123. The summed E-state index contributed by atoms with van der Waals surface area (Å²) < 4.78 is 5.33. The lowest BCUT2D eigenvalue weighted by Gasteiger charge is -2.22. The molecule has 0 aliphatic heterocycles. The minimum atomic E-state index is -0.549. The number of amides is 1. The van der Waals surface area contributed by atoms with Crippen LogP contribution in [0.15, 0.2) is 30.3 Å². The van der Waals surface area contributed by atoms with E-state index in [1.54, 1.807) is 7.11 Å². The summed E-state index contributed by atoms with van der Waals surface area (Å²) >= 11 is 0. The average Bonchev–Trinajstić information content (AvgIpc) is 2.71. The van der Waals surface area contributed by atoms with Crippen molar-refractivity contribution in [3.05, 3.63) is 35.9 Å². The Morgan fingerprint density at radius 2 is 1.73 bits per heavy atom. The molecule has 170 valence electrons. The van der Waals surface area contributed by atoms with Crippen LogP contribution in [0.1, 0.15) is 77.2 Å². The molecule has 0 saturated heterocycles. The van der Waals surface area contributed by atoms with E-state index in [1.165, 1.54) is 31.7 Å². The summed E-state index contributed by atoms with van der Waals surface area (Å²) in [5.41, 5.74) is 1.17. The summed E-state index contributed by atoms with van der Waals surface area (Å²) in [5, 5.41) is 13.1. The quantitative estimate of drug-likeness (QED) is 0.366. The molecule has 0 aliphatic carbocycles. The molecule has 0 fully saturated rings. The van der Waals surface area contributed by atoms with Gasteiger partial charge in [-0.2, -0.15) is 0 Å². The fourth-order valence-electron chi connectivity index (χ4n) is 3.85. The molecule has 0 aliphatic rings. The molecule has 0 saturated carbocycles. The normalized spacial score (nSPS) is 14.1. The van der Waals surface area contributed by atoms with E-state index >= 15 is 0 Å². The summed E-state index contributed by atoms with van der Waals surface area (Å²) in [6, 6.07) is 9.51. The Hall–Kier alpha value is -1.72. The second-order valence-corrected chi connectivity index (χ2v) is 8.37. The Kier molecular flexibility index (Phi) is 14.1. The number of benzene rings is 1. The monoisotopic (exact) mass is 419 g/mol. The standard InChI is InChI=1S/C25H41NO4/c1-4-5-6-7-11-14-23(28)15-16-24(26-20(2)27)25(29)18-22(19-30-3)17-21-12-9-8-10-13-21/h8-10,12-13,22-24,28H,4-7,11,14-19H2,1-3H3,(H,26,27)/t22-,23?,24?/m1/s1. The number of methoxy groups -OCH3 is 1. The Bertz CT molecular complexity index is 590. The molecular formula is C25H41NO4. The molecular weight excluding hydrogens is 378 g/mol. The first-order chi connectivity index (χ1) is 14.5. The smallest absolute Gasteiger partial charge is 0.217 e. The molecule has 0 aromatic heterocycles. The molecule has 5 nitrogen and oxygen atoms in total. The molecule has 0 radical (unpaired) electrons. The van der Waals surface area contributed by atoms with Gasteiger partial charge in [-0.1, -0.05) is 69.4 Å². The molecule has 1 aromatic rings. The highest BCUT2D eigenvalue weighted by molar-refractivity contribution is 5.88. The molecule has 3 atom stereocenters. The topological polar surface area (TPSA) is 75.6 Å². The largest absolute Gasteiger partial charge is 0.393 e. The maximum Gasteiger partial charge on any atom is 0.217 e. The van der Waals surface area contributed by atoms with Gasteiger partial charge in [-0.15, -0.1) is 0 Å². The molecule has 0 spiro atoms. The van der Waals surface area contributed by atoms with E-state index < -0.39 is 12.1 Å². The number of rotatable bonds is 17. The van der Waals surface area contributed by atoms with Crippen LogP contribution in [0, 0.1) is 5.92 Å². The highest BCUT2D eigenvalue weighted by atomic mass is 16.5. The van der Waals surface area contributed by atoms with Gasteiger partial charge in [0.25, 0.3) is 0 Å². The number of unbranched alkanes of at least 4 members (excludes halogenated alkanes) is 4. The molecule has 0 bridgehead atoms. The second-order valence-electron chi connectivity index (χ2n) is 8.37. The van der Waals surface area contributed by atoms with Crippen LogP contribution in [0.4, 0.5) is 0 Å². The number of ketones is 1. The van der Waals surface area contributed by atoms with Gasteiger partial charge in [-0.25, -0.2) is 0 Å². The van der Waals surface area contributed by atoms with E-state index in [2.05, 4.69) is 24.4 Å². The van der Waals surface area contributed by atoms with Crippen LogP contribution < -0.4 is 5.32 Å². The molecule has 5 heteroatoms. The third-order valence-electron chi connectivity index (χ3n) is 5.46. The number of carbonyl (C=O) groups excluding carboxylic acids is 2. The number of aliphatic hydroxyl groups is 1. The maximum atomic E-state index is 12.9. The third kappa shape index (κ3) is 12.1. The predicted octanol–water partition coefficient (Wildman–Crippen LogP) is 4.46. The number of aliphatic hydroxyl groups excluding tert-OH is 1. The SMILES string of the molecule is CCCCCCCC(O)CCC(NC(C)=O)C(=O)C[C@H](COC)Cc1ccccc1. The van der Waals surface area contributed by atoms with Crippen molar-refractivity contribution >= 4 is 11.7 Å². The molecule has 1 aromatic carbocycles. The van der Waals surface area contributed by atoms with E-state index in [9.17, 15) is 14.7 Å². The average molecular weight is 420 g/mol. The van der Waals surface area contributed by atoms with Gasteiger partial charge in [0, 0.05) is 27.1 Å². The first kappa shape index (κ1) is 26.3. The van der Waals surface area contributed by atoms with E-state index in [4.69, 9.17) is 4.74 Å². The van der Waals surface area contributed by atoms with Crippen molar-refractivity contribution in [1.29, 1.82) is 0 Å². The van der Waals surface area contributed by atoms with Crippen LogP contribution in [0.2, 0.25) is 0 Å². The number of carbonyl (C=O) groups is 2.